The molecule has 2 rings (SSSR count). The first-order valence-corrected chi connectivity index (χ1v) is 6.17. The number of Topliss-reactive ketones (excluding diaryl/α,β-unsaturated/α-hetero) is 1. The van der Waals surface area contributed by atoms with E-state index in [0.717, 1.165) is 9.26 Å². The van der Waals surface area contributed by atoms with E-state index in [2.05, 4.69) is 27.4 Å². The molecule has 1 aromatic rings. The first kappa shape index (κ1) is 12.0. The van der Waals surface area contributed by atoms with Gasteiger partial charge in [-0.1, -0.05) is 0 Å². The van der Waals surface area contributed by atoms with E-state index < -0.39 is 11.9 Å². The number of ketones is 1. The Morgan fingerprint density at radius 3 is 2.53 bits per heavy atom. The van der Waals surface area contributed by atoms with Gasteiger partial charge in [-0.2, -0.15) is 0 Å². The molecule has 1 saturated heterocycles. The number of benzene rings is 1. The van der Waals surface area contributed by atoms with Crippen LogP contribution in [0, 0.1) is 10.1 Å². The maximum absolute atomic E-state index is 11.9. The van der Waals surface area contributed by atoms with E-state index in [1.807, 2.05) is 24.3 Å². The highest BCUT2D eigenvalue weighted by atomic mass is 127. The SMILES string of the molecule is [C-]#[N+]C1C(=O)CCN(c2ccc(I)cc2)C1=O. The van der Waals surface area contributed by atoms with Gasteiger partial charge in [-0.25, -0.2) is 6.57 Å². The van der Waals surface area contributed by atoms with Crippen molar-refractivity contribution in [3.63, 3.8) is 0 Å². The molecule has 0 spiro atoms. The summed E-state index contributed by atoms with van der Waals surface area (Å²) in [4.78, 5) is 28.0. The van der Waals surface area contributed by atoms with Gasteiger partial charge >= 0.3 is 11.9 Å². The number of carbonyl (C=O) groups excluding carboxylic acids is 2. The van der Waals surface area contributed by atoms with Gasteiger partial charge in [0, 0.05) is 22.2 Å². The van der Waals surface area contributed by atoms with Gasteiger partial charge in [0.15, 0.2) is 0 Å². The second-order valence-electron chi connectivity index (χ2n) is 3.71. The summed E-state index contributed by atoms with van der Waals surface area (Å²) >= 11 is 2.18. The largest absolute Gasteiger partial charge is 0.357 e. The Labute approximate surface area is 113 Å². The number of halogens is 1. The average Bonchev–Trinajstić information content (AvgIpc) is 2.31. The smallest absolute Gasteiger partial charge is 0.305 e. The van der Waals surface area contributed by atoms with Gasteiger partial charge in [0.25, 0.3) is 0 Å². The van der Waals surface area contributed by atoms with E-state index in [1.54, 1.807) is 0 Å². The van der Waals surface area contributed by atoms with Crippen LogP contribution in [0.15, 0.2) is 24.3 Å². The fraction of sp³-hybridized carbons (Fsp3) is 0.250. The molecule has 0 bridgehead atoms. The van der Waals surface area contributed by atoms with E-state index in [0.29, 0.717) is 6.54 Å². The Kier molecular flexibility index (Phi) is 3.43. The second-order valence-corrected chi connectivity index (χ2v) is 4.96. The normalized spacial score (nSPS) is 20.2. The maximum Gasteiger partial charge on any atom is 0.357 e. The summed E-state index contributed by atoms with van der Waals surface area (Å²) in [6.07, 6.45) is 0.255. The highest BCUT2D eigenvalue weighted by Crippen LogP contribution is 2.22. The topological polar surface area (TPSA) is 41.7 Å². The number of hydrogen-bond donors (Lipinski definition) is 0. The monoisotopic (exact) mass is 340 g/mol. The minimum Gasteiger partial charge on any atom is -0.305 e. The predicted molar refractivity (Wildman–Crippen MR) is 71.5 cm³/mol. The van der Waals surface area contributed by atoms with E-state index >= 15 is 0 Å². The summed E-state index contributed by atoms with van der Waals surface area (Å²) in [6.45, 7) is 7.27. The van der Waals surface area contributed by atoms with E-state index in [9.17, 15) is 9.59 Å². The highest BCUT2D eigenvalue weighted by molar-refractivity contribution is 14.1. The van der Waals surface area contributed by atoms with Crippen molar-refractivity contribution in [2.45, 2.75) is 12.5 Å². The van der Waals surface area contributed by atoms with Gasteiger partial charge in [-0.3, -0.25) is 14.4 Å². The van der Waals surface area contributed by atoms with Gasteiger partial charge in [0.05, 0.1) is 0 Å². The molecule has 1 atom stereocenters. The molecule has 1 amide bonds. The molecular formula is C12H9IN2O2. The highest BCUT2D eigenvalue weighted by Gasteiger charge is 2.40. The van der Waals surface area contributed by atoms with Gasteiger partial charge in [-0.05, 0) is 46.9 Å². The number of piperidine rings is 1. The third kappa shape index (κ3) is 2.31. The lowest BCUT2D eigenvalue weighted by molar-refractivity contribution is -0.129. The Morgan fingerprint density at radius 1 is 1.29 bits per heavy atom. The number of hydrogen-bond acceptors (Lipinski definition) is 2. The Bertz CT molecular complexity index is 504. The van der Waals surface area contributed by atoms with Crippen molar-refractivity contribution in [1.82, 2.24) is 0 Å². The van der Waals surface area contributed by atoms with Crippen molar-refractivity contribution in [3.05, 3.63) is 39.3 Å². The standard InChI is InChI=1S/C12H9IN2O2/c1-14-11-10(16)6-7-15(12(11)17)9-4-2-8(13)3-5-9/h2-5,11H,6-7H2. The number of anilines is 1. The van der Waals surface area contributed by atoms with Crippen molar-refractivity contribution in [3.8, 4) is 0 Å². The Morgan fingerprint density at radius 2 is 1.94 bits per heavy atom. The van der Waals surface area contributed by atoms with E-state index in [4.69, 9.17) is 6.57 Å². The zero-order valence-corrected chi connectivity index (χ0v) is 11.0. The zero-order chi connectivity index (χ0) is 12.4. The van der Waals surface area contributed by atoms with Crippen LogP contribution >= 0.6 is 22.6 Å². The van der Waals surface area contributed by atoms with Crippen LogP contribution in [0.4, 0.5) is 5.69 Å². The Balaban J connectivity index is 2.29. The molecule has 1 unspecified atom stereocenters. The molecule has 17 heavy (non-hydrogen) atoms. The van der Waals surface area contributed by atoms with Crippen molar-refractivity contribution < 1.29 is 9.59 Å². The van der Waals surface area contributed by atoms with Gasteiger partial charge in [0.1, 0.15) is 0 Å². The number of nitrogens with zero attached hydrogens (tertiary/aromatic N) is 2. The first-order valence-electron chi connectivity index (χ1n) is 5.09. The zero-order valence-electron chi connectivity index (χ0n) is 8.89. The molecule has 1 fully saturated rings. The first-order chi connectivity index (χ1) is 8.13. The quantitative estimate of drug-likeness (QED) is 0.445. The molecule has 1 aliphatic rings. The lowest BCUT2D eigenvalue weighted by Crippen LogP contribution is -2.48. The van der Waals surface area contributed by atoms with Crippen LogP contribution in [-0.2, 0) is 9.59 Å². The average molecular weight is 340 g/mol. The molecule has 4 nitrogen and oxygen atoms in total. The van der Waals surface area contributed by atoms with E-state index in [-0.39, 0.29) is 12.2 Å². The van der Waals surface area contributed by atoms with Crippen LogP contribution in [0.3, 0.4) is 0 Å². The van der Waals surface area contributed by atoms with Crippen LogP contribution in [-0.4, -0.2) is 24.3 Å². The fourth-order valence-electron chi connectivity index (χ4n) is 1.76. The summed E-state index contributed by atoms with van der Waals surface area (Å²) in [5.74, 6) is -0.677. The summed E-state index contributed by atoms with van der Waals surface area (Å²) in [6, 6.07) is 6.30. The minimum atomic E-state index is -1.15. The molecule has 0 aromatic heterocycles. The minimum absolute atomic E-state index is 0.255. The van der Waals surface area contributed by atoms with Crippen molar-refractivity contribution in [2.24, 2.45) is 0 Å². The maximum atomic E-state index is 11.9. The molecule has 5 heteroatoms. The lowest BCUT2D eigenvalue weighted by atomic mass is 10.0. The summed E-state index contributed by atoms with van der Waals surface area (Å²) < 4.78 is 1.08. The van der Waals surface area contributed by atoms with Gasteiger partial charge in [0.2, 0.25) is 5.78 Å². The van der Waals surface area contributed by atoms with Crippen molar-refractivity contribution >= 4 is 40.0 Å². The van der Waals surface area contributed by atoms with Crippen LogP contribution in [0.2, 0.25) is 0 Å². The number of amides is 1. The molecule has 0 saturated carbocycles. The third-order valence-electron chi connectivity index (χ3n) is 2.65. The molecule has 1 heterocycles. The molecule has 1 aliphatic heterocycles. The van der Waals surface area contributed by atoms with Crippen LogP contribution in [0.5, 0.6) is 0 Å². The third-order valence-corrected chi connectivity index (χ3v) is 3.37. The Hall–Kier alpha value is -1.42. The van der Waals surface area contributed by atoms with Crippen LogP contribution in [0.25, 0.3) is 4.85 Å². The summed E-state index contributed by atoms with van der Waals surface area (Å²) in [7, 11) is 0. The number of carbonyl (C=O) groups is 2. The number of rotatable bonds is 1. The van der Waals surface area contributed by atoms with Gasteiger partial charge < -0.3 is 4.90 Å². The molecule has 86 valence electrons. The fourth-order valence-corrected chi connectivity index (χ4v) is 2.12. The lowest BCUT2D eigenvalue weighted by Gasteiger charge is -2.26. The molecule has 1 aromatic carbocycles. The molecule has 0 aliphatic carbocycles. The van der Waals surface area contributed by atoms with Crippen molar-refractivity contribution in [1.29, 1.82) is 0 Å². The summed E-state index contributed by atoms with van der Waals surface area (Å²) in [5.41, 5.74) is 0.747. The van der Waals surface area contributed by atoms with Gasteiger partial charge in [-0.15, -0.1) is 0 Å². The second kappa shape index (κ2) is 4.84. The summed E-state index contributed by atoms with van der Waals surface area (Å²) in [5, 5.41) is 0. The van der Waals surface area contributed by atoms with E-state index in [1.165, 1.54) is 4.90 Å². The molecular weight excluding hydrogens is 331 g/mol. The van der Waals surface area contributed by atoms with Crippen LogP contribution in [0.1, 0.15) is 6.42 Å². The van der Waals surface area contributed by atoms with Crippen molar-refractivity contribution in [2.75, 3.05) is 11.4 Å². The van der Waals surface area contributed by atoms with Crippen LogP contribution < -0.4 is 4.90 Å². The predicted octanol–water partition coefficient (Wildman–Crippen LogP) is 1.88. The molecule has 0 radical (unpaired) electrons. The molecule has 0 N–H and O–H groups in total.